The van der Waals surface area contributed by atoms with Gasteiger partial charge in [-0.15, -0.1) is 0 Å². The molecule has 1 amide bonds. The van der Waals surface area contributed by atoms with Crippen molar-refractivity contribution in [2.75, 3.05) is 39.2 Å². The fraction of sp³-hybridized carbons (Fsp3) is 0.350. The molecule has 164 valence electrons. The Hall–Kier alpha value is -2.49. The van der Waals surface area contributed by atoms with E-state index in [-0.39, 0.29) is 23.0 Å². The van der Waals surface area contributed by atoms with Crippen molar-refractivity contribution in [3.05, 3.63) is 41.4 Å². The molecule has 0 saturated heterocycles. The number of amides is 1. The second kappa shape index (κ2) is 10.5. The van der Waals surface area contributed by atoms with Crippen LogP contribution in [-0.4, -0.2) is 52.5 Å². The fourth-order valence-electron chi connectivity index (χ4n) is 2.68. The van der Waals surface area contributed by atoms with Crippen LogP contribution < -0.4 is 19.5 Å². The van der Waals surface area contributed by atoms with Gasteiger partial charge in [-0.1, -0.05) is 18.5 Å². The third kappa shape index (κ3) is 5.56. The lowest BCUT2D eigenvalue weighted by Crippen LogP contribution is -2.37. The van der Waals surface area contributed by atoms with Gasteiger partial charge in [-0.2, -0.15) is 4.31 Å². The minimum absolute atomic E-state index is 0.0207. The molecule has 0 heterocycles. The van der Waals surface area contributed by atoms with Crippen molar-refractivity contribution in [2.45, 2.75) is 18.7 Å². The number of hydrogen-bond acceptors (Lipinski definition) is 6. The normalized spacial score (nSPS) is 11.3. The second-order valence-electron chi connectivity index (χ2n) is 6.07. The number of sulfonamides is 1. The Morgan fingerprint density at radius 1 is 1.07 bits per heavy atom. The predicted molar refractivity (Wildman–Crippen MR) is 115 cm³/mol. The van der Waals surface area contributed by atoms with Crippen LogP contribution in [-0.2, 0) is 14.8 Å². The molecule has 2 rings (SSSR count). The number of rotatable bonds is 10. The van der Waals surface area contributed by atoms with Gasteiger partial charge in [0.15, 0.2) is 0 Å². The molecule has 0 aliphatic carbocycles. The zero-order valence-corrected chi connectivity index (χ0v) is 18.8. The summed E-state index contributed by atoms with van der Waals surface area (Å²) in [5.41, 5.74) is 0.404. The molecule has 1 N–H and O–H groups in total. The van der Waals surface area contributed by atoms with Gasteiger partial charge in [0, 0.05) is 12.6 Å². The highest BCUT2D eigenvalue weighted by molar-refractivity contribution is 7.89. The highest BCUT2D eigenvalue weighted by Gasteiger charge is 2.26. The van der Waals surface area contributed by atoms with E-state index in [0.717, 1.165) is 4.31 Å². The standard InChI is InChI=1S/C20H25ClN2O6S/c1-5-23(30(25,26)15-8-10-18(29-6-2)16(21)12-15)13-20(24)22-17-9-7-14(27-3)11-19(17)28-4/h7-12H,5-6,13H2,1-4H3,(H,22,24). The number of anilines is 1. The van der Waals surface area contributed by atoms with E-state index < -0.39 is 15.9 Å². The highest BCUT2D eigenvalue weighted by Crippen LogP contribution is 2.30. The number of halogens is 1. The first-order chi connectivity index (χ1) is 14.3. The molecule has 8 nitrogen and oxygen atoms in total. The lowest BCUT2D eigenvalue weighted by molar-refractivity contribution is -0.116. The van der Waals surface area contributed by atoms with Crippen molar-refractivity contribution in [3.63, 3.8) is 0 Å². The summed E-state index contributed by atoms with van der Waals surface area (Å²) in [4.78, 5) is 12.5. The fourth-order valence-corrected chi connectivity index (χ4v) is 4.41. The smallest absolute Gasteiger partial charge is 0.243 e. The van der Waals surface area contributed by atoms with E-state index in [0.29, 0.717) is 29.5 Å². The maximum Gasteiger partial charge on any atom is 0.243 e. The van der Waals surface area contributed by atoms with E-state index in [4.69, 9.17) is 25.8 Å². The van der Waals surface area contributed by atoms with Crippen molar-refractivity contribution in [2.24, 2.45) is 0 Å². The van der Waals surface area contributed by atoms with Crippen LogP contribution >= 0.6 is 11.6 Å². The largest absolute Gasteiger partial charge is 0.497 e. The molecule has 0 fully saturated rings. The molecule has 2 aromatic rings. The Morgan fingerprint density at radius 2 is 1.80 bits per heavy atom. The van der Waals surface area contributed by atoms with Crippen LogP contribution in [0.1, 0.15) is 13.8 Å². The van der Waals surface area contributed by atoms with E-state index >= 15 is 0 Å². The van der Waals surface area contributed by atoms with Crippen LogP contribution in [0.3, 0.4) is 0 Å². The molecular weight excluding hydrogens is 432 g/mol. The quantitative estimate of drug-likeness (QED) is 0.588. The molecule has 0 aliphatic rings. The van der Waals surface area contributed by atoms with Gasteiger partial charge < -0.3 is 19.5 Å². The Labute approximate surface area is 181 Å². The molecule has 0 atom stereocenters. The molecule has 0 aliphatic heterocycles. The van der Waals surface area contributed by atoms with E-state index in [2.05, 4.69) is 5.32 Å². The summed E-state index contributed by atoms with van der Waals surface area (Å²) in [7, 11) is -0.959. The number of likely N-dealkylation sites (N-methyl/N-ethyl adjacent to an activating group) is 1. The van der Waals surface area contributed by atoms with Crippen molar-refractivity contribution < 1.29 is 27.4 Å². The van der Waals surface area contributed by atoms with Gasteiger partial charge in [0.1, 0.15) is 17.2 Å². The molecule has 2 aromatic carbocycles. The van der Waals surface area contributed by atoms with Crippen LogP contribution in [0.4, 0.5) is 5.69 Å². The Kier molecular flexibility index (Phi) is 8.33. The topological polar surface area (TPSA) is 94.2 Å². The zero-order chi connectivity index (χ0) is 22.3. The van der Waals surface area contributed by atoms with Crippen molar-refractivity contribution in [1.82, 2.24) is 4.31 Å². The molecule has 30 heavy (non-hydrogen) atoms. The van der Waals surface area contributed by atoms with Gasteiger partial charge in [0.05, 0.1) is 43.0 Å². The number of methoxy groups -OCH3 is 2. The van der Waals surface area contributed by atoms with Crippen LogP contribution in [0.15, 0.2) is 41.3 Å². The van der Waals surface area contributed by atoms with Crippen molar-refractivity contribution in [1.29, 1.82) is 0 Å². The van der Waals surface area contributed by atoms with Crippen LogP contribution in [0, 0.1) is 0 Å². The van der Waals surface area contributed by atoms with Gasteiger partial charge >= 0.3 is 0 Å². The van der Waals surface area contributed by atoms with Crippen LogP contribution in [0.2, 0.25) is 5.02 Å². The summed E-state index contributed by atoms with van der Waals surface area (Å²) in [6, 6.07) is 9.11. The van der Waals surface area contributed by atoms with E-state index in [1.807, 2.05) is 0 Å². The molecular formula is C20H25ClN2O6S. The minimum Gasteiger partial charge on any atom is -0.497 e. The summed E-state index contributed by atoms with van der Waals surface area (Å²) >= 11 is 6.12. The minimum atomic E-state index is -3.94. The number of carbonyl (C=O) groups is 1. The number of nitrogens with zero attached hydrogens (tertiary/aromatic N) is 1. The monoisotopic (exact) mass is 456 g/mol. The van der Waals surface area contributed by atoms with Gasteiger partial charge in [-0.25, -0.2) is 8.42 Å². The molecule has 0 saturated carbocycles. The summed E-state index contributed by atoms with van der Waals surface area (Å²) < 4.78 is 42.7. The first kappa shape index (κ1) is 23.8. The lowest BCUT2D eigenvalue weighted by atomic mass is 10.2. The summed E-state index contributed by atoms with van der Waals surface area (Å²) in [6.45, 7) is 3.58. The first-order valence-corrected chi connectivity index (χ1v) is 11.0. The molecule has 0 unspecified atom stereocenters. The molecule has 10 heteroatoms. The third-order valence-electron chi connectivity index (χ3n) is 4.20. The highest BCUT2D eigenvalue weighted by atomic mass is 35.5. The Morgan fingerprint density at radius 3 is 2.37 bits per heavy atom. The molecule has 0 radical (unpaired) electrons. The molecule has 0 aromatic heterocycles. The average Bonchev–Trinajstić information content (AvgIpc) is 2.73. The maximum absolute atomic E-state index is 13.0. The summed E-state index contributed by atoms with van der Waals surface area (Å²) in [5, 5.41) is 2.85. The average molecular weight is 457 g/mol. The third-order valence-corrected chi connectivity index (χ3v) is 6.41. The van der Waals surface area contributed by atoms with Crippen molar-refractivity contribution >= 4 is 33.2 Å². The predicted octanol–water partition coefficient (Wildman–Crippen LogP) is 3.41. The second-order valence-corrected chi connectivity index (χ2v) is 8.42. The van der Waals surface area contributed by atoms with Gasteiger partial charge in [0.25, 0.3) is 0 Å². The van der Waals surface area contributed by atoms with Gasteiger partial charge in [-0.3, -0.25) is 4.79 Å². The lowest BCUT2D eigenvalue weighted by Gasteiger charge is -2.21. The van der Waals surface area contributed by atoms with Crippen LogP contribution in [0.25, 0.3) is 0 Å². The summed E-state index contributed by atoms with van der Waals surface area (Å²) in [6.07, 6.45) is 0. The number of benzene rings is 2. The zero-order valence-electron chi connectivity index (χ0n) is 17.3. The van der Waals surface area contributed by atoms with E-state index in [9.17, 15) is 13.2 Å². The maximum atomic E-state index is 13.0. The Balaban J connectivity index is 2.19. The van der Waals surface area contributed by atoms with E-state index in [1.54, 1.807) is 32.0 Å². The van der Waals surface area contributed by atoms with Crippen LogP contribution in [0.5, 0.6) is 17.2 Å². The Bertz CT molecular complexity index is 997. The number of nitrogens with one attached hydrogen (secondary N) is 1. The SMILES string of the molecule is CCOc1ccc(S(=O)(=O)N(CC)CC(=O)Nc2ccc(OC)cc2OC)cc1Cl. The van der Waals surface area contributed by atoms with Gasteiger partial charge in [-0.05, 0) is 37.3 Å². The number of hydrogen-bond donors (Lipinski definition) is 1. The van der Waals surface area contributed by atoms with Crippen molar-refractivity contribution in [3.8, 4) is 17.2 Å². The van der Waals surface area contributed by atoms with Gasteiger partial charge in [0.2, 0.25) is 15.9 Å². The molecule has 0 spiro atoms. The number of carbonyl (C=O) groups excluding carboxylic acids is 1. The number of ether oxygens (including phenoxy) is 3. The van der Waals surface area contributed by atoms with E-state index in [1.165, 1.54) is 32.4 Å². The molecule has 0 bridgehead atoms. The summed E-state index contributed by atoms with van der Waals surface area (Å²) in [5.74, 6) is 0.841. The first-order valence-electron chi connectivity index (χ1n) is 9.21.